The molecule has 0 radical (unpaired) electrons. The van der Waals surface area contributed by atoms with Crippen LogP contribution in [0.4, 0.5) is 0 Å². The standard InChI is InChI=1S/C24H33NO2.ClH/c1-20(2)13-14-24(26,22-11-7-4-8-12-22)23(21-9-5-3-6-10-21)19-25-15-17-27-18-16-25;/h3-12,20,23,26H,13-19H2,1-2H3;1H. The molecule has 1 aliphatic heterocycles. The molecule has 1 heterocycles. The van der Waals surface area contributed by atoms with Crippen molar-refractivity contribution in [3.05, 3.63) is 71.8 Å². The topological polar surface area (TPSA) is 32.7 Å². The van der Waals surface area contributed by atoms with Gasteiger partial charge in [-0.2, -0.15) is 0 Å². The number of aliphatic hydroxyl groups is 1. The van der Waals surface area contributed by atoms with Crippen molar-refractivity contribution in [2.45, 2.75) is 38.2 Å². The summed E-state index contributed by atoms with van der Waals surface area (Å²) in [5, 5.41) is 12.1. The van der Waals surface area contributed by atoms with Crippen LogP contribution in [0.1, 0.15) is 43.7 Å². The zero-order valence-electron chi connectivity index (χ0n) is 17.1. The maximum atomic E-state index is 12.1. The molecule has 1 aliphatic rings. The molecule has 4 heteroatoms. The van der Waals surface area contributed by atoms with E-state index in [1.165, 1.54) is 5.56 Å². The number of benzene rings is 2. The monoisotopic (exact) mass is 403 g/mol. The summed E-state index contributed by atoms with van der Waals surface area (Å²) in [4.78, 5) is 2.43. The van der Waals surface area contributed by atoms with E-state index in [0.717, 1.165) is 51.3 Å². The molecule has 2 atom stereocenters. The van der Waals surface area contributed by atoms with E-state index in [-0.39, 0.29) is 18.3 Å². The van der Waals surface area contributed by atoms with Gasteiger partial charge in [0.15, 0.2) is 0 Å². The minimum atomic E-state index is -0.884. The van der Waals surface area contributed by atoms with Gasteiger partial charge in [-0.15, -0.1) is 12.4 Å². The van der Waals surface area contributed by atoms with Gasteiger partial charge in [0, 0.05) is 25.6 Å². The molecule has 28 heavy (non-hydrogen) atoms. The molecular formula is C24H34ClNO2. The quantitative estimate of drug-likeness (QED) is 0.683. The van der Waals surface area contributed by atoms with E-state index in [1.54, 1.807) is 0 Å². The van der Waals surface area contributed by atoms with Crippen molar-refractivity contribution in [1.29, 1.82) is 0 Å². The molecule has 2 aromatic rings. The first-order valence-corrected chi connectivity index (χ1v) is 10.2. The molecule has 1 saturated heterocycles. The van der Waals surface area contributed by atoms with Crippen molar-refractivity contribution >= 4 is 12.4 Å². The van der Waals surface area contributed by atoms with Crippen molar-refractivity contribution in [2.75, 3.05) is 32.8 Å². The Kier molecular flexibility index (Phi) is 8.97. The summed E-state index contributed by atoms with van der Waals surface area (Å²) >= 11 is 0. The fourth-order valence-corrected chi connectivity index (χ4v) is 4.01. The Labute approximate surface area is 176 Å². The first-order valence-electron chi connectivity index (χ1n) is 10.2. The summed E-state index contributed by atoms with van der Waals surface area (Å²) in [6.07, 6.45) is 1.76. The van der Waals surface area contributed by atoms with Gasteiger partial charge in [-0.05, 0) is 29.9 Å². The van der Waals surface area contributed by atoms with Crippen LogP contribution < -0.4 is 0 Å². The predicted molar refractivity (Wildman–Crippen MR) is 118 cm³/mol. The lowest BCUT2D eigenvalue weighted by atomic mass is 9.73. The molecule has 0 aromatic heterocycles. The minimum Gasteiger partial charge on any atom is -0.384 e. The van der Waals surface area contributed by atoms with Crippen LogP contribution >= 0.6 is 12.4 Å². The predicted octanol–water partition coefficient (Wildman–Crippen LogP) is 4.85. The first kappa shape index (κ1) is 22.9. The molecule has 0 saturated carbocycles. The number of nitrogens with zero attached hydrogens (tertiary/aromatic N) is 1. The van der Waals surface area contributed by atoms with Crippen molar-refractivity contribution in [3.8, 4) is 0 Å². The number of rotatable bonds is 8. The summed E-state index contributed by atoms with van der Waals surface area (Å²) in [6, 6.07) is 20.8. The van der Waals surface area contributed by atoms with Crippen molar-refractivity contribution in [3.63, 3.8) is 0 Å². The maximum absolute atomic E-state index is 12.1. The molecule has 1 N–H and O–H groups in total. The van der Waals surface area contributed by atoms with Gasteiger partial charge in [-0.25, -0.2) is 0 Å². The zero-order valence-corrected chi connectivity index (χ0v) is 17.9. The number of morpholine rings is 1. The second-order valence-electron chi connectivity index (χ2n) is 8.10. The van der Waals surface area contributed by atoms with E-state index in [0.29, 0.717) is 5.92 Å². The van der Waals surface area contributed by atoms with Crippen LogP contribution in [0.25, 0.3) is 0 Å². The lowest BCUT2D eigenvalue weighted by Gasteiger charge is -2.41. The highest BCUT2D eigenvalue weighted by molar-refractivity contribution is 5.85. The third-order valence-corrected chi connectivity index (χ3v) is 5.70. The highest BCUT2D eigenvalue weighted by atomic mass is 35.5. The largest absolute Gasteiger partial charge is 0.384 e. The van der Waals surface area contributed by atoms with E-state index in [1.807, 2.05) is 24.3 Å². The number of ether oxygens (including phenoxy) is 1. The van der Waals surface area contributed by atoms with E-state index < -0.39 is 5.60 Å². The van der Waals surface area contributed by atoms with Crippen molar-refractivity contribution in [2.24, 2.45) is 5.92 Å². The molecule has 3 nitrogen and oxygen atoms in total. The van der Waals surface area contributed by atoms with E-state index in [2.05, 4.69) is 55.1 Å². The van der Waals surface area contributed by atoms with Gasteiger partial charge >= 0.3 is 0 Å². The second-order valence-corrected chi connectivity index (χ2v) is 8.10. The highest BCUT2D eigenvalue weighted by Gasteiger charge is 2.40. The van der Waals surface area contributed by atoms with Crippen LogP contribution in [0.5, 0.6) is 0 Å². The van der Waals surface area contributed by atoms with E-state index in [9.17, 15) is 5.11 Å². The number of hydrogen-bond acceptors (Lipinski definition) is 3. The summed E-state index contributed by atoms with van der Waals surface area (Å²) in [6.45, 7) is 8.71. The molecule has 0 spiro atoms. The van der Waals surface area contributed by atoms with Crippen LogP contribution in [-0.4, -0.2) is 42.9 Å². The zero-order chi connectivity index (χ0) is 19.1. The van der Waals surface area contributed by atoms with Crippen LogP contribution in [0, 0.1) is 5.92 Å². The Balaban J connectivity index is 0.00000280. The minimum absolute atomic E-state index is 0. The molecule has 0 bridgehead atoms. The summed E-state index contributed by atoms with van der Waals surface area (Å²) < 4.78 is 5.53. The summed E-state index contributed by atoms with van der Waals surface area (Å²) in [5.74, 6) is 0.581. The first-order chi connectivity index (χ1) is 13.1. The fourth-order valence-electron chi connectivity index (χ4n) is 4.01. The normalized spacial score (nSPS) is 18.3. The van der Waals surface area contributed by atoms with Gasteiger partial charge in [0.1, 0.15) is 0 Å². The van der Waals surface area contributed by atoms with Crippen LogP contribution in [0.2, 0.25) is 0 Å². The third-order valence-electron chi connectivity index (χ3n) is 5.70. The second kappa shape index (κ2) is 11.0. The fraction of sp³-hybridized carbons (Fsp3) is 0.500. The maximum Gasteiger partial charge on any atom is 0.0977 e. The van der Waals surface area contributed by atoms with E-state index >= 15 is 0 Å². The Morgan fingerprint density at radius 2 is 1.54 bits per heavy atom. The van der Waals surface area contributed by atoms with Crippen LogP contribution in [0.15, 0.2) is 60.7 Å². The van der Waals surface area contributed by atoms with Gasteiger partial charge in [-0.3, -0.25) is 4.90 Å². The summed E-state index contributed by atoms with van der Waals surface area (Å²) in [5.41, 5.74) is 1.34. The molecular weight excluding hydrogens is 370 g/mol. The Morgan fingerprint density at radius 1 is 0.964 bits per heavy atom. The Morgan fingerprint density at radius 3 is 2.11 bits per heavy atom. The highest BCUT2D eigenvalue weighted by Crippen LogP contribution is 2.42. The molecule has 0 aliphatic carbocycles. The van der Waals surface area contributed by atoms with Gasteiger partial charge in [-0.1, -0.05) is 74.5 Å². The molecule has 2 unspecified atom stereocenters. The SMILES string of the molecule is CC(C)CCC(O)(c1ccccc1)C(CN1CCOCC1)c1ccccc1.Cl. The molecule has 2 aromatic carbocycles. The smallest absolute Gasteiger partial charge is 0.0977 e. The molecule has 154 valence electrons. The van der Waals surface area contributed by atoms with Gasteiger partial charge < -0.3 is 9.84 Å². The average Bonchev–Trinajstić information content (AvgIpc) is 2.72. The van der Waals surface area contributed by atoms with E-state index in [4.69, 9.17) is 4.74 Å². The molecule has 3 rings (SSSR count). The lowest BCUT2D eigenvalue weighted by molar-refractivity contribution is -0.0311. The van der Waals surface area contributed by atoms with Crippen molar-refractivity contribution < 1.29 is 9.84 Å². The molecule has 0 amide bonds. The number of halogens is 1. The van der Waals surface area contributed by atoms with Crippen LogP contribution in [-0.2, 0) is 10.3 Å². The third kappa shape index (κ3) is 5.81. The van der Waals surface area contributed by atoms with Crippen LogP contribution in [0.3, 0.4) is 0 Å². The van der Waals surface area contributed by atoms with Gasteiger partial charge in [0.05, 0.1) is 18.8 Å². The lowest BCUT2D eigenvalue weighted by Crippen LogP contribution is -2.45. The summed E-state index contributed by atoms with van der Waals surface area (Å²) in [7, 11) is 0. The number of hydrogen-bond donors (Lipinski definition) is 1. The Bertz CT molecular complexity index is 674. The van der Waals surface area contributed by atoms with Crippen molar-refractivity contribution in [1.82, 2.24) is 4.90 Å². The average molecular weight is 404 g/mol. The Hall–Kier alpha value is -1.39. The van der Waals surface area contributed by atoms with Gasteiger partial charge in [0.2, 0.25) is 0 Å². The molecule has 1 fully saturated rings. The van der Waals surface area contributed by atoms with Gasteiger partial charge in [0.25, 0.3) is 0 Å².